The molecule has 5 aromatic rings. The van der Waals surface area contributed by atoms with Crippen molar-refractivity contribution in [2.45, 2.75) is 27.4 Å². The number of nitrogens with zero attached hydrogens (tertiary/aromatic N) is 4. The number of aryl methyl sites for hydroxylation is 1. The summed E-state index contributed by atoms with van der Waals surface area (Å²) in [6.45, 7) is 8.43. The van der Waals surface area contributed by atoms with Gasteiger partial charge < -0.3 is 19.7 Å². The first kappa shape index (κ1) is 30.8. The Morgan fingerprint density at radius 2 is 1.61 bits per heavy atom. The quantitative estimate of drug-likeness (QED) is 0.161. The molecule has 4 aromatic carbocycles. The summed E-state index contributed by atoms with van der Waals surface area (Å²) < 4.78 is 11.4. The Hall–Kier alpha value is -4.67. The maximum Gasteiger partial charge on any atom is 0.257 e. The van der Waals surface area contributed by atoms with E-state index in [1.54, 1.807) is 35.1 Å². The molecular weight excluding hydrogens is 596 g/mol. The third kappa shape index (κ3) is 7.10. The van der Waals surface area contributed by atoms with E-state index in [0.717, 1.165) is 46.8 Å². The number of hydrogen-bond donors (Lipinski definition) is 2. The number of anilines is 2. The molecule has 0 fully saturated rings. The van der Waals surface area contributed by atoms with Gasteiger partial charge in [-0.3, -0.25) is 10.1 Å². The topological polar surface area (TPSA) is 93.5 Å². The van der Waals surface area contributed by atoms with E-state index in [4.69, 9.17) is 33.3 Å². The molecule has 0 bridgehead atoms. The summed E-state index contributed by atoms with van der Waals surface area (Å²) in [6, 6.07) is 24.3. The summed E-state index contributed by atoms with van der Waals surface area (Å²) >= 11 is 11.4. The third-order valence-electron chi connectivity index (χ3n) is 7.14. The largest absolute Gasteiger partial charge is 0.493 e. The van der Waals surface area contributed by atoms with E-state index >= 15 is 0 Å². The molecule has 11 heteroatoms. The molecule has 44 heavy (non-hydrogen) atoms. The van der Waals surface area contributed by atoms with Crippen molar-refractivity contribution in [3.05, 3.63) is 101 Å². The predicted octanol–water partition coefficient (Wildman–Crippen LogP) is 6.94. The summed E-state index contributed by atoms with van der Waals surface area (Å²) in [7, 11) is 1.52. The Morgan fingerprint density at radius 1 is 0.932 bits per heavy atom. The Labute approximate surface area is 266 Å². The van der Waals surface area contributed by atoms with Gasteiger partial charge in [0.25, 0.3) is 5.91 Å². The first-order valence-electron chi connectivity index (χ1n) is 14.2. The molecule has 0 radical (unpaired) electrons. The number of fused-ring (bicyclic) bond motifs is 1. The van der Waals surface area contributed by atoms with Crippen LogP contribution in [0.25, 0.3) is 16.7 Å². The normalized spacial score (nSPS) is 10.8. The van der Waals surface area contributed by atoms with Crippen LogP contribution in [0.15, 0.2) is 78.9 Å². The highest BCUT2D eigenvalue weighted by Crippen LogP contribution is 2.29. The monoisotopic (exact) mass is 628 g/mol. The molecule has 1 heterocycles. The number of aromatic nitrogens is 3. The second-order valence-corrected chi connectivity index (χ2v) is 10.9. The molecule has 5 rings (SSSR count). The zero-order chi connectivity index (χ0) is 31.2. The molecule has 0 atom stereocenters. The standard InChI is InChI=1S/C33H33ClN6O3S/c1-5-39(6-2)25-12-14-26(15-13-25)40-37-28-17-21(3)27(19-29(28)38-40)35-33(44)36-32(41)23-9-16-30(31(18-23)42-4)43-20-22-7-10-24(34)11-8-22/h7-19H,5-6,20H2,1-4H3,(H2,35,36,41,44). The molecule has 1 amide bonds. The van der Waals surface area contributed by atoms with Gasteiger partial charge in [0, 0.05) is 35.1 Å². The van der Waals surface area contributed by atoms with Crippen LogP contribution in [-0.2, 0) is 6.61 Å². The van der Waals surface area contributed by atoms with Gasteiger partial charge in [0.2, 0.25) is 0 Å². The van der Waals surface area contributed by atoms with Crippen molar-refractivity contribution in [2.75, 3.05) is 30.4 Å². The first-order chi connectivity index (χ1) is 21.3. The molecule has 0 spiro atoms. The van der Waals surface area contributed by atoms with E-state index in [1.165, 1.54) is 7.11 Å². The first-order valence-corrected chi connectivity index (χ1v) is 15.0. The smallest absolute Gasteiger partial charge is 0.257 e. The highest BCUT2D eigenvalue weighted by atomic mass is 35.5. The lowest BCUT2D eigenvalue weighted by Gasteiger charge is -2.20. The van der Waals surface area contributed by atoms with E-state index in [2.05, 4.69) is 51.7 Å². The van der Waals surface area contributed by atoms with Crippen molar-refractivity contribution in [3.8, 4) is 17.2 Å². The second kappa shape index (κ2) is 13.7. The molecule has 1 aromatic heterocycles. The van der Waals surface area contributed by atoms with Gasteiger partial charge in [-0.2, -0.15) is 4.80 Å². The lowest BCUT2D eigenvalue weighted by Crippen LogP contribution is -2.34. The van der Waals surface area contributed by atoms with Crippen LogP contribution in [0.1, 0.15) is 35.3 Å². The van der Waals surface area contributed by atoms with Gasteiger partial charge in [-0.25, -0.2) is 0 Å². The zero-order valence-corrected chi connectivity index (χ0v) is 26.5. The van der Waals surface area contributed by atoms with Crippen molar-refractivity contribution in [1.82, 2.24) is 20.3 Å². The van der Waals surface area contributed by atoms with Crippen LogP contribution in [0, 0.1) is 6.92 Å². The number of carbonyl (C=O) groups excluding carboxylic acids is 1. The fourth-order valence-corrected chi connectivity index (χ4v) is 5.03. The molecule has 0 aliphatic rings. The molecule has 0 saturated carbocycles. The fraction of sp³-hybridized carbons (Fsp3) is 0.212. The minimum absolute atomic E-state index is 0.152. The molecule has 9 nitrogen and oxygen atoms in total. The molecule has 2 N–H and O–H groups in total. The Balaban J connectivity index is 1.24. The summed E-state index contributed by atoms with van der Waals surface area (Å²) in [4.78, 5) is 16.9. The van der Waals surface area contributed by atoms with Crippen LogP contribution in [0.3, 0.4) is 0 Å². The van der Waals surface area contributed by atoms with E-state index in [-0.39, 0.29) is 11.0 Å². The molecule has 0 aliphatic carbocycles. The Kier molecular flexibility index (Phi) is 9.62. The van der Waals surface area contributed by atoms with Crippen molar-refractivity contribution >= 4 is 57.2 Å². The summed E-state index contributed by atoms with van der Waals surface area (Å²) in [5, 5.41) is 16.0. The molecule has 0 aliphatic heterocycles. The second-order valence-electron chi connectivity index (χ2n) is 10.0. The highest BCUT2D eigenvalue weighted by Gasteiger charge is 2.15. The SMILES string of the molecule is CCN(CC)c1ccc(-n2nc3cc(C)c(NC(=S)NC(=O)c4ccc(OCc5ccc(Cl)cc5)c(OC)c4)cc3n2)cc1. The minimum atomic E-state index is -0.386. The maximum absolute atomic E-state index is 13.0. The minimum Gasteiger partial charge on any atom is -0.493 e. The van der Waals surface area contributed by atoms with Gasteiger partial charge in [0.05, 0.1) is 12.8 Å². The van der Waals surface area contributed by atoms with Crippen molar-refractivity contribution in [1.29, 1.82) is 0 Å². The van der Waals surface area contributed by atoms with E-state index in [0.29, 0.717) is 34.2 Å². The zero-order valence-electron chi connectivity index (χ0n) is 24.9. The van der Waals surface area contributed by atoms with E-state index in [9.17, 15) is 4.79 Å². The Morgan fingerprint density at radius 3 is 2.27 bits per heavy atom. The number of thiocarbonyl (C=S) groups is 1. The van der Waals surface area contributed by atoms with Gasteiger partial charge in [-0.05, 0) is 111 Å². The van der Waals surface area contributed by atoms with Gasteiger partial charge in [-0.1, -0.05) is 23.7 Å². The third-order valence-corrected chi connectivity index (χ3v) is 7.60. The summed E-state index contributed by atoms with van der Waals surface area (Å²) in [5.74, 6) is 0.553. The van der Waals surface area contributed by atoms with Gasteiger partial charge in [0.15, 0.2) is 16.6 Å². The molecule has 0 unspecified atom stereocenters. The van der Waals surface area contributed by atoms with Crippen LogP contribution in [0.5, 0.6) is 11.5 Å². The lowest BCUT2D eigenvalue weighted by atomic mass is 10.1. The predicted molar refractivity (Wildman–Crippen MR) is 180 cm³/mol. The van der Waals surface area contributed by atoms with E-state index in [1.807, 2.05) is 43.3 Å². The highest BCUT2D eigenvalue weighted by molar-refractivity contribution is 7.80. The van der Waals surface area contributed by atoms with Crippen LogP contribution in [-0.4, -0.2) is 46.2 Å². The molecule has 226 valence electrons. The van der Waals surface area contributed by atoms with E-state index < -0.39 is 0 Å². The number of benzene rings is 4. The number of ether oxygens (including phenoxy) is 2. The number of amides is 1. The number of halogens is 1. The van der Waals surface area contributed by atoms with Crippen LogP contribution in [0.4, 0.5) is 11.4 Å². The number of rotatable bonds is 10. The number of hydrogen-bond acceptors (Lipinski definition) is 7. The maximum atomic E-state index is 13.0. The summed E-state index contributed by atoms with van der Waals surface area (Å²) in [5.41, 5.74) is 6.41. The van der Waals surface area contributed by atoms with Crippen molar-refractivity contribution in [2.24, 2.45) is 0 Å². The molecule has 0 saturated heterocycles. The lowest BCUT2D eigenvalue weighted by molar-refractivity contribution is 0.0977. The molecular formula is C33H33ClN6O3S. The van der Waals surface area contributed by atoms with Crippen molar-refractivity contribution in [3.63, 3.8) is 0 Å². The number of carbonyl (C=O) groups is 1. The van der Waals surface area contributed by atoms with Crippen LogP contribution >= 0.6 is 23.8 Å². The van der Waals surface area contributed by atoms with Crippen LogP contribution < -0.4 is 25.0 Å². The summed E-state index contributed by atoms with van der Waals surface area (Å²) in [6.07, 6.45) is 0. The van der Waals surface area contributed by atoms with Gasteiger partial charge in [-0.15, -0.1) is 10.2 Å². The average Bonchev–Trinajstić information content (AvgIpc) is 3.44. The number of methoxy groups -OCH3 is 1. The number of nitrogens with one attached hydrogen (secondary N) is 2. The Bertz CT molecular complexity index is 1790. The van der Waals surface area contributed by atoms with Gasteiger partial charge in [0.1, 0.15) is 17.6 Å². The average molecular weight is 629 g/mol. The van der Waals surface area contributed by atoms with Crippen LogP contribution in [0.2, 0.25) is 5.02 Å². The van der Waals surface area contributed by atoms with Gasteiger partial charge >= 0.3 is 0 Å². The van der Waals surface area contributed by atoms with Crippen molar-refractivity contribution < 1.29 is 14.3 Å². The fourth-order valence-electron chi connectivity index (χ4n) is 4.70.